The van der Waals surface area contributed by atoms with Crippen molar-refractivity contribution < 1.29 is 4.42 Å². The van der Waals surface area contributed by atoms with Gasteiger partial charge in [0.2, 0.25) is 0 Å². The molecule has 6 aromatic carbocycles. The molecular weight excluding hydrogens is 531 g/mol. The summed E-state index contributed by atoms with van der Waals surface area (Å²) >= 11 is 1.88. The molecule has 9 aromatic rings. The van der Waals surface area contributed by atoms with Gasteiger partial charge < -0.3 is 8.98 Å². The number of hydrogen-bond acceptors (Lipinski definition) is 2. The molecule has 3 aromatic heterocycles. The van der Waals surface area contributed by atoms with Crippen LogP contribution in [-0.2, 0) is 5.41 Å². The maximum atomic E-state index is 6.77. The Morgan fingerprint density at radius 2 is 1.33 bits per heavy atom. The Labute approximate surface area is 246 Å². The molecule has 0 aliphatic heterocycles. The number of nitrogens with zero attached hydrogens (tertiary/aromatic N) is 1. The third-order valence-corrected chi connectivity index (χ3v) is 10.8. The van der Waals surface area contributed by atoms with Crippen molar-refractivity contribution >= 4 is 75.3 Å². The first-order valence-corrected chi connectivity index (χ1v) is 15.4. The smallest absolute Gasteiger partial charge is 0.146 e. The zero-order valence-corrected chi connectivity index (χ0v) is 24.0. The summed E-state index contributed by atoms with van der Waals surface area (Å²) in [6, 6.07) is 42.1. The summed E-state index contributed by atoms with van der Waals surface area (Å²) in [7, 11) is 0. The molecule has 1 aliphatic rings. The Morgan fingerprint density at radius 1 is 0.619 bits per heavy atom. The van der Waals surface area contributed by atoms with Crippen LogP contribution in [0.4, 0.5) is 0 Å². The number of furan rings is 1. The van der Waals surface area contributed by atoms with Gasteiger partial charge in [-0.15, -0.1) is 11.3 Å². The molecule has 0 atom stereocenters. The summed E-state index contributed by atoms with van der Waals surface area (Å²) in [6.07, 6.45) is 0. The van der Waals surface area contributed by atoms with Crippen LogP contribution in [0.3, 0.4) is 0 Å². The van der Waals surface area contributed by atoms with Crippen molar-refractivity contribution in [3.05, 3.63) is 126 Å². The van der Waals surface area contributed by atoms with E-state index in [9.17, 15) is 0 Å². The molecule has 0 saturated carbocycles. The number of para-hydroxylation sites is 2. The van der Waals surface area contributed by atoms with Crippen LogP contribution in [0.25, 0.3) is 80.7 Å². The van der Waals surface area contributed by atoms with Gasteiger partial charge in [0.1, 0.15) is 11.2 Å². The van der Waals surface area contributed by atoms with Gasteiger partial charge in [0, 0.05) is 47.4 Å². The predicted octanol–water partition coefficient (Wildman–Crippen LogP) is 11.4. The van der Waals surface area contributed by atoms with Gasteiger partial charge in [-0.1, -0.05) is 98.8 Å². The monoisotopic (exact) mass is 555 g/mol. The standard InChI is InChI=1S/C39H25NOS/c1-39(2)28-15-7-3-11-23(28)24-20-19-22(21-29(24)39)40-30-16-8-4-12-25(30)33-36(40)34-27-14-6-10-18-32(27)42-38(34)35-26-13-5-9-17-31(26)41-37(33)35/h3-21H,1-2H3. The normalized spacial score (nSPS) is 14.1. The lowest BCUT2D eigenvalue weighted by atomic mass is 9.82. The molecule has 0 spiro atoms. The average Bonchev–Trinajstić information content (AvgIpc) is 3.74. The largest absolute Gasteiger partial charge is 0.455 e. The first-order valence-electron chi connectivity index (χ1n) is 14.5. The van der Waals surface area contributed by atoms with E-state index in [4.69, 9.17) is 4.42 Å². The van der Waals surface area contributed by atoms with Crippen LogP contribution in [0.2, 0.25) is 0 Å². The minimum atomic E-state index is -0.0723. The van der Waals surface area contributed by atoms with Gasteiger partial charge in [-0.3, -0.25) is 0 Å². The van der Waals surface area contributed by atoms with E-state index in [0.717, 1.165) is 11.2 Å². The van der Waals surface area contributed by atoms with Crippen LogP contribution >= 0.6 is 11.3 Å². The van der Waals surface area contributed by atoms with Gasteiger partial charge in [-0.05, 0) is 52.6 Å². The van der Waals surface area contributed by atoms with Crippen molar-refractivity contribution in [3.63, 3.8) is 0 Å². The second-order valence-corrected chi connectivity index (χ2v) is 13.1. The predicted molar refractivity (Wildman–Crippen MR) is 179 cm³/mol. The first-order chi connectivity index (χ1) is 20.6. The van der Waals surface area contributed by atoms with Crippen LogP contribution < -0.4 is 0 Å². The Hall–Kier alpha value is -4.86. The summed E-state index contributed by atoms with van der Waals surface area (Å²) in [5.41, 5.74) is 10.9. The highest BCUT2D eigenvalue weighted by Crippen LogP contribution is 2.52. The minimum absolute atomic E-state index is 0.0723. The molecule has 3 heterocycles. The van der Waals surface area contributed by atoms with E-state index in [2.05, 4.69) is 134 Å². The summed E-state index contributed by atoms with van der Waals surface area (Å²) in [5.74, 6) is 0. The van der Waals surface area contributed by atoms with Gasteiger partial charge in [-0.2, -0.15) is 0 Å². The highest BCUT2D eigenvalue weighted by Gasteiger charge is 2.35. The molecule has 0 N–H and O–H groups in total. The van der Waals surface area contributed by atoms with Gasteiger partial charge >= 0.3 is 0 Å². The van der Waals surface area contributed by atoms with Gasteiger partial charge in [0.15, 0.2) is 0 Å². The maximum Gasteiger partial charge on any atom is 0.146 e. The van der Waals surface area contributed by atoms with Crippen molar-refractivity contribution in [1.82, 2.24) is 4.57 Å². The van der Waals surface area contributed by atoms with Crippen LogP contribution in [0.15, 0.2) is 120 Å². The Morgan fingerprint density at radius 3 is 2.24 bits per heavy atom. The fourth-order valence-corrected chi connectivity index (χ4v) is 8.97. The van der Waals surface area contributed by atoms with Gasteiger partial charge in [-0.25, -0.2) is 0 Å². The van der Waals surface area contributed by atoms with E-state index in [-0.39, 0.29) is 5.41 Å². The number of fused-ring (bicyclic) bond motifs is 15. The molecule has 42 heavy (non-hydrogen) atoms. The molecule has 0 saturated heterocycles. The molecule has 0 radical (unpaired) electrons. The first kappa shape index (κ1) is 22.8. The van der Waals surface area contributed by atoms with E-state index in [0.29, 0.717) is 0 Å². The summed E-state index contributed by atoms with van der Waals surface area (Å²) in [4.78, 5) is 0. The molecule has 1 aliphatic carbocycles. The quantitative estimate of drug-likeness (QED) is 0.197. The third kappa shape index (κ3) is 2.66. The Bertz CT molecular complexity index is 2580. The highest BCUT2D eigenvalue weighted by molar-refractivity contribution is 7.27. The van der Waals surface area contributed by atoms with Crippen molar-refractivity contribution in [1.29, 1.82) is 0 Å². The highest BCUT2D eigenvalue weighted by atomic mass is 32.1. The average molecular weight is 556 g/mol. The lowest BCUT2D eigenvalue weighted by Gasteiger charge is -2.22. The number of rotatable bonds is 1. The zero-order valence-electron chi connectivity index (χ0n) is 23.2. The SMILES string of the molecule is CC1(C)c2ccccc2-c2ccc(-n3c4ccccc4c4c5oc6ccccc6c5c5sc6ccccc6c5c43)cc21. The molecule has 3 heteroatoms. The second kappa shape index (κ2) is 7.70. The lowest BCUT2D eigenvalue weighted by Crippen LogP contribution is -2.15. The molecule has 0 fully saturated rings. The van der Waals surface area contributed by atoms with E-state index >= 15 is 0 Å². The molecule has 2 nitrogen and oxygen atoms in total. The summed E-state index contributed by atoms with van der Waals surface area (Å²) in [5, 5.41) is 7.42. The van der Waals surface area contributed by atoms with Crippen molar-refractivity contribution in [2.45, 2.75) is 19.3 Å². The minimum Gasteiger partial charge on any atom is -0.455 e. The fourth-order valence-electron chi connectivity index (χ4n) is 7.71. The van der Waals surface area contributed by atoms with Crippen molar-refractivity contribution in [2.75, 3.05) is 0 Å². The number of hydrogen-bond donors (Lipinski definition) is 0. The molecule has 10 rings (SSSR count). The molecule has 198 valence electrons. The van der Waals surface area contributed by atoms with E-state index in [1.54, 1.807) is 0 Å². The van der Waals surface area contributed by atoms with Gasteiger partial charge in [0.05, 0.1) is 16.4 Å². The third-order valence-electron chi connectivity index (χ3n) is 9.58. The molecule has 0 amide bonds. The maximum absolute atomic E-state index is 6.77. The van der Waals surface area contributed by atoms with Crippen LogP contribution in [0.5, 0.6) is 0 Å². The van der Waals surface area contributed by atoms with Crippen LogP contribution in [0, 0.1) is 0 Å². The van der Waals surface area contributed by atoms with Gasteiger partial charge in [0.25, 0.3) is 0 Å². The van der Waals surface area contributed by atoms with E-state index in [1.165, 1.54) is 80.7 Å². The van der Waals surface area contributed by atoms with Crippen LogP contribution in [-0.4, -0.2) is 4.57 Å². The zero-order chi connectivity index (χ0) is 27.7. The Kier molecular flexibility index (Phi) is 4.18. The van der Waals surface area contributed by atoms with Crippen molar-refractivity contribution in [3.8, 4) is 16.8 Å². The Balaban J connectivity index is 1.44. The fraction of sp³-hybridized carbons (Fsp3) is 0.0769. The van der Waals surface area contributed by atoms with Crippen LogP contribution in [0.1, 0.15) is 25.0 Å². The summed E-state index contributed by atoms with van der Waals surface area (Å²) in [6.45, 7) is 4.71. The number of thiophene rings is 1. The second-order valence-electron chi connectivity index (χ2n) is 12.1. The van der Waals surface area contributed by atoms with Crippen molar-refractivity contribution in [2.24, 2.45) is 0 Å². The molecule has 0 bridgehead atoms. The molecule has 0 unspecified atom stereocenters. The van der Waals surface area contributed by atoms with E-state index in [1.807, 2.05) is 11.3 Å². The topological polar surface area (TPSA) is 18.1 Å². The number of benzene rings is 6. The summed E-state index contributed by atoms with van der Waals surface area (Å²) < 4.78 is 11.9. The lowest BCUT2D eigenvalue weighted by molar-refractivity contribution is 0.660. The molecular formula is C39H25NOS. The van der Waals surface area contributed by atoms with E-state index < -0.39 is 0 Å². The number of aromatic nitrogens is 1.